The van der Waals surface area contributed by atoms with Crippen LogP contribution in [0, 0.1) is 0 Å². The Bertz CT molecular complexity index is 525. The van der Waals surface area contributed by atoms with Gasteiger partial charge < -0.3 is 31.5 Å². The first-order valence-corrected chi connectivity index (χ1v) is 8.54. The van der Waals surface area contributed by atoms with Crippen LogP contribution in [0.3, 0.4) is 0 Å². The molecule has 6 N–H and O–H groups in total. The molecule has 140 valence electrons. The second-order valence-electron chi connectivity index (χ2n) is 5.56. The van der Waals surface area contributed by atoms with Gasteiger partial charge in [-0.2, -0.15) is 0 Å². The minimum atomic E-state index is -0.399. The highest BCUT2D eigenvalue weighted by Gasteiger charge is 2.12. The van der Waals surface area contributed by atoms with E-state index in [9.17, 15) is 19.8 Å². The number of hydrogen-bond acceptors (Lipinski definition) is 6. The molecule has 8 heteroatoms. The average molecular weight is 352 g/mol. The first kappa shape index (κ1) is 20.7. The van der Waals surface area contributed by atoms with Crippen molar-refractivity contribution in [2.24, 2.45) is 0 Å². The summed E-state index contributed by atoms with van der Waals surface area (Å²) in [6.07, 6.45) is 3.58. The third-order valence-electron chi connectivity index (χ3n) is 3.56. The van der Waals surface area contributed by atoms with Crippen LogP contribution < -0.4 is 21.3 Å². The number of phenolic OH excluding ortho intramolecular Hbond substituents is 2. The van der Waals surface area contributed by atoms with Crippen molar-refractivity contribution in [1.29, 1.82) is 0 Å². The summed E-state index contributed by atoms with van der Waals surface area (Å²) >= 11 is 0. The average Bonchev–Trinajstić information content (AvgIpc) is 2.61. The van der Waals surface area contributed by atoms with E-state index in [1.54, 1.807) is 0 Å². The van der Waals surface area contributed by atoms with Gasteiger partial charge in [-0.25, -0.2) is 0 Å². The van der Waals surface area contributed by atoms with Gasteiger partial charge in [0.25, 0.3) is 5.91 Å². The van der Waals surface area contributed by atoms with Crippen molar-refractivity contribution in [1.82, 2.24) is 21.3 Å². The molecule has 0 saturated heterocycles. The van der Waals surface area contributed by atoms with E-state index in [1.807, 2.05) is 0 Å². The summed E-state index contributed by atoms with van der Waals surface area (Å²) in [6, 6.07) is 4.30. The Labute approximate surface area is 148 Å². The molecule has 0 bridgehead atoms. The van der Waals surface area contributed by atoms with Crippen LogP contribution in [-0.2, 0) is 4.79 Å². The van der Waals surface area contributed by atoms with Gasteiger partial charge in [0.15, 0.2) is 11.5 Å². The van der Waals surface area contributed by atoms with Gasteiger partial charge >= 0.3 is 0 Å². The van der Waals surface area contributed by atoms with Gasteiger partial charge in [-0.1, -0.05) is 6.07 Å². The molecule has 0 unspecified atom stereocenters. The number of carbonyl (C=O) groups is 2. The Morgan fingerprint density at radius 2 is 1.60 bits per heavy atom. The fraction of sp³-hybridized carbons (Fsp3) is 0.529. The van der Waals surface area contributed by atoms with E-state index in [4.69, 9.17) is 0 Å². The zero-order valence-electron chi connectivity index (χ0n) is 14.4. The van der Waals surface area contributed by atoms with Crippen LogP contribution in [0.1, 0.15) is 29.6 Å². The number of carbonyl (C=O) groups excluding carboxylic acids is 2. The Kier molecular flexibility index (Phi) is 10.8. The van der Waals surface area contributed by atoms with Crippen LogP contribution >= 0.6 is 0 Å². The molecule has 1 aromatic carbocycles. The highest BCUT2D eigenvalue weighted by molar-refractivity contribution is 5.97. The SMILES string of the molecule is O=CNCCNCCCCNCCCNC(=O)c1cccc(O)c1O. The van der Waals surface area contributed by atoms with E-state index >= 15 is 0 Å². The second kappa shape index (κ2) is 13.0. The lowest BCUT2D eigenvalue weighted by Crippen LogP contribution is -2.28. The number of amides is 2. The summed E-state index contributed by atoms with van der Waals surface area (Å²) in [5, 5.41) is 30.8. The molecule has 25 heavy (non-hydrogen) atoms. The molecule has 1 aromatic rings. The lowest BCUT2D eigenvalue weighted by atomic mass is 10.1. The Balaban J connectivity index is 1.96. The zero-order valence-corrected chi connectivity index (χ0v) is 14.4. The summed E-state index contributed by atoms with van der Waals surface area (Å²) in [5.74, 6) is -1.10. The van der Waals surface area contributed by atoms with Gasteiger partial charge in [-0.15, -0.1) is 0 Å². The highest BCUT2D eigenvalue weighted by atomic mass is 16.3. The third-order valence-corrected chi connectivity index (χ3v) is 3.56. The van der Waals surface area contributed by atoms with Gasteiger partial charge in [-0.05, 0) is 51.0 Å². The minimum Gasteiger partial charge on any atom is -0.504 e. The molecule has 0 aliphatic heterocycles. The molecule has 0 radical (unpaired) electrons. The largest absolute Gasteiger partial charge is 0.504 e. The van der Waals surface area contributed by atoms with E-state index < -0.39 is 11.7 Å². The monoisotopic (exact) mass is 352 g/mol. The van der Waals surface area contributed by atoms with Gasteiger partial charge in [0.05, 0.1) is 5.56 Å². The molecule has 0 aliphatic carbocycles. The van der Waals surface area contributed by atoms with Gasteiger partial charge in [-0.3, -0.25) is 9.59 Å². The maximum Gasteiger partial charge on any atom is 0.255 e. The van der Waals surface area contributed by atoms with Gasteiger partial charge in [0, 0.05) is 19.6 Å². The summed E-state index contributed by atoms with van der Waals surface area (Å²) in [7, 11) is 0. The van der Waals surface area contributed by atoms with Gasteiger partial charge in [0.1, 0.15) is 0 Å². The molecule has 0 aromatic heterocycles. The number of rotatable bonds is 14. The molecular weight excluding hydrogens is 324 g/mol. The predicted molar refractivity (Wildman–Crippen MR) is 95.8 cm³/mol. The van der Waals surface area contributed by atoms with Crippen LogP contribution in [0.25, 0.3) is 0 Å². The quantitative estimate of drug-likeness (QED) is 0.158. The van der Waals surface area contributed by atoms with Crippen molar-refractivity contribution >= 4 is 12.3 Å². The van der Waals surface area contributed by atoms with E-state index in [0.717, 1.165) is 45.4 Å². The molecule has 1 rings (SSSR count). The normalized spacial score (nSPS) is 10.4. The fourth-order valence-electron chi connectivity index (χ4n) is 2.19. The molecule has 0 heterocycles. The van der Waals surface area contributed by atoms with Crippen LogP contribution in [0.5, 0.6) is 11.5 Å². The number of aromatic hydroxyl groups is 2. The molecule has 0 fully saturated rings. The molecular formula is C17H28N4O4. The predicted octanol–water partition coefficient (Wildman–Crippen LogP) is -0.0769. The minimum absolute atomic E-state index is 0.0730. The van der Waals surface area contributed by atoms with Crippen LogP contribution in [-0.4, -0.2) is 61.8 Å². The van der Waals surface area contributed by atoms with Crippen LogP contribution in [0.15, 0.2) is 18.2 Å². The molecule has 0 aliphatic rings. The first-order valence-electron chi connectivity index (χ1n) is 8.54. The first-order chi connectivity index (χ1) is 12.2. The van der Waals surface area contributed by atoms with Crippen molar-refractivity contribution in [3.05, 3.63) is 23.8 Å². The van der Waals surface area contributed by atoms with Crippen molar-refractivity contribution in [3.63, 3.8) is 0 Å². The zero-order chi connectivity index (χ0) is 18.3. The van der Waals surface area contributed by atoms with E-state index in [0.29, 0.717) is 19.5 Å². The molecule has 8 nitrogen and oxygen atoms in total. The number of nitrogens with one attached hydrogen (secondary N) is 4. The van der Waals surface area contributed by atoms with E-state index in [1.165, 1.54) is 18.2 Å². The third kappa shape index (κ3) is 8.92. The molecule has 0 spiro atoms. The maximum atomic E-state index is 11.9. The van der Waals surface area contributed by atoms with Gasteiger partial charge in [0.2, 0.25) is 6.41 Å². The summed E-state index contributed by atoms with van der Waals surface area (Å²) < 4.78 is 0. The number of para-hydroxylation sites is 1. The van der Waals surface area contributed by atoms with Crippen LogP contribution in [0.2, 0.25) is 0 Å². The lowest BCUT2D eigenvalue weighted by molar-refractivity contribution is -0.109. The van der Waals surface area contributed by atoms with E-state index in [2.05, 4.69) is 21.3 Å². The Hall–Kier alpha value is -2.32. The smallest absolute Gasteiger partial charge is 0.255 e. The van der Waals surface area contributed by atoms with E-state index in [-0.39, 0.29) is 11.3 Å². The summed E-state index contributed by atoms with van der Waals surface area (Å²) in [6.45, 7) is 4.55. The molecule has 2 amide bonds. The highest BCUT2D eigenvalue weighted by Crippen LogP contribution is 2.27. The lowest BCUT2D eigenvalue weighted by Gasteiger charge is -2.08. The van der Waals surface area contributed by atoms with Crippen molar-refractivity contribution in [3.8, 4) is 11.5 Å². The summed E-state index contributed by atoms with van der Waals surface area (Å²) in [4.78, 5) is 21.9. The topological polar surface area (TPSA) is 123 Å². The van der Waals surface area contributed by atoms with Crippen molar-refractivity contribution < 1.29 is 19.8 Å². The van der Waals surface area contributed by atoms with Crippen molar-refractivity contribution in [2.45, 2.75) is 19.3 Å². The number of phenols is 2. The molecule has 0 saturated carbocycles. The Morgan fingerprint density at radius 1 is 0.920 bits per heavy atom. The van der Waals surface area contributed by atoms with Crippen LogP contribution in [0.4, 0.5) is 0 Å². The molecule has 0 atom stereocenters. The maximum absolute atomic E-state index is 11.9. The standard InChI is InChI=1S/C17H28N4O4/c22-13-20-12-11-19-8-2-1-7-18-9-4-10-21-17(25)14-5-3-6-15(23)16(14)24/h3,5-6,13,18-19,23-24H,1-2,4,7-12H2,(H,20,22)(H,21,25). The fourth-order valence-corrected chi connectivity index (χ4v) is 2.19. The number of hydrogen-bond donors (Lipinski definition) is 6. The number of unbranched alkanes of at least 4 members (excludes halogenated alkanes) is 1. The summed E-state index contributed by atoms with van der Waals surface area (Å²) in [5.41, 5.74) is 0.0730. The number of benzene rings is 1. The Morgan fingerprint density at radius 3 is 2.32 bits per heavy atom. The second-order valence-corrected chi connectivity index (χ2v) is 5.56. The van der Waals surface area contributed by atoms with Crippen molar-refractivity contribution in [2.75, 3.05) is 39.3 Å².